The number of thiophene rings is 1. The zero-order valence-electron chi connectivity index (χ0n) is 13.2. The van der Waals surface area contributed by atoms with E-state index in [0.717, 1.165) is 19.5 Å². The van der Waals surface area contributed by atoms with Crippen LogP contribution in [0.5, 0.6) is 0 Å². The molecule has 0 aromatic carbocycles. The molecule has 2 nitrogen and oxygen atoms in total. The van der Waals surface area contributed by atoms with Crippen LogP contribution >= 0.6 is 11.3 Å². The standard InChI is InChI=1S/C17H29NOS/c1-12(2)18(10-15-6-5-7-20-15)11-16-14(4)8-13(3)9-17(16)19/h5-7,12-14,16-17,19H,8-11H2,1-4H3. The zero-order valence-corrected chi connectivity index (χ0v) is 14.1. The number of aliphatic hydroxyl groups is 1. The van der Waals surface area contributed by atoms with Crippen LogP contribution in [0.25, 0.3) is 0 Å². The molecule has 0 bridgehead atoms. The van der Waals surface area contributed by atoms with Crippen molar-refractivity contribution in [1.82, 2.24) is 4.90 Å². The van der Waals surface area contributed by atoms with Crippen molar-refractivity contribution >= 4 is 11.3 Å². The lowest BCUT2D eigenvalue weighted by molar-refractivity contribution is -0.00818. The van der Waals surface area contributed by atoms with Crippen molar-refractivity contribution in [2.24, 2.45) is 17.8 Å². The SMILES string of the molecule is CC1CC(C)C(CN(Cc2cccs2)C(C)C)C(O)C1. The van der Waals surface area contributed by atoms with Crippen molar-refractivity contribution < 1.29 is 5.11 Å². The Morgan fingerprint density at radius 2 is 2.10 bits per heavy atom. The van der Waals surface area contributed by atoms with Crippen LogP contribution in [0, 0.1) is 17.8 Å². The molecular weight excluding hydrogens is 266 g/mol. The van der Waals surface area contributed by atoms with E-state index in [0.29, 0.717) is 23.8 Å². The van der Waals surface area contributed by atoms with Crippen molar-refractivity contribution in [2.45, 2.75) is 59.2 Å². The first-order valence-corrected chi connectivity index (χ1v) is 8.79. The van der Waals surface area contributed by atoms with Gasteiger partial charge in [-0.1, -0.05) is 19.9 Å². The lowest BCUT2D eigenvalue weighted by atomic mass is 9.73. The molecule has 1 aliphatic carbocycles. The Bertz CT molecular complexity index is 378. The highest BCUT2D eigenvalue weighted by Gasteiger charge is 2.34. The minimum absolute atomic E-state index is 0.127. The summed E-state index contributed by atoms with van der Waals surface area (Å²) in [5, 5.41) is 12.6. The summed E-state index contributed by atoms with van der Waals surface area (Å²) < 4.78 is 0. The highest BCUT2D eigenvalue weighted by atomic mass is 32.1. The average Bonchev–Trinajstić information content (AvgIpc) is 2.84. The maximum absolute atomic E-state index is 10.4. The van der Waals surface area contributed by atoms with Gasteiger partial charge in [-0.15, -0.1) is 11.3 Å². The van der Waals surface area contributed by atoms with Crippen LogP contribution in [0.1, 0.15) is 45.4 Å². The molecule has 4 unspecified atom stereocenters. The maximum Gasteiger partial charge on any atom is 0.0585 e. The first-order valence-electron chi connectivity index (χ1n) is 7.91. The van der Waals surface area contributed by atoms with Gasteiger partial charge in [-0.05, 0) is 50.0 Å². The number of hydrogen-bond acceptors (Lipinski definition) is 3. The average molecular weight is 295 g/mol. The van der Waals surface area contributed by atoms with Crippen LogP contribution < -0.4 is 0 Å². The summed E-state index contributed by atoms with van der Waals surface area (Å²) in [6.07, 6.45) is 2.10. The summed E-state index contributed by atoms with van der Waals surface area (Å²) >= 11 is 1.83. The smallest absolute Gasteiger partial charge is 0.0585 e. The summed E-state index contributed by atoms with van der Waals surface area (Å²) in [4.78, 5) is 3.94. The van der Waals surface area contributed by atoms with Crippen molar-refractivity contribution in [3.05, 3.63) is 22.4 Å². The predicted octanol–water partition coefficient (Wildman–Crippen LogP) is 4.00. The second-order valence-corrected chi connectivity index (χ2v) is 7.92. The maximum atomic E-state index is 10.4. The molecule has 1 aromatic rings. The van der Waals surface area contributed by atoms with Crippen LogP contribution in [-0.2, 0) is 6.54 Å². The fraction of sp³-hybridized carbons (Fsp3) is 0.765. The quantitative estimate of drug-likeness (QED) is 0.887. The molecule has 1 aromatic heterocycles. The molecule has 4 atom stereocenters. The fourth-order valence-corrected chi connectivity index (χ4v) is 4.23. The number of hydrogen-bond donors (Lipinski definition) is 1. The molecule has 2 rings (SSSR count). The van der Waals surface area contributed by atoms with Gasteiger partial charge in [0.2, 0.25) is 0 Å². The predicted molar refractivity (Wildman–Crippen MR) is 86.9 cm³/mol. The third-order valence-corrected chi connectivity index (χ3v) is 5.62. The fourth-order valence-electron chi connectivity index (χ4n) is 3.51. The monoisotopic (exact) mass is 295 g/mol. The Morgan fingerprint density at radius 3 is 2.65 bits per heavy atom. The third-order valence-electron chi connectivity index (χ3n) is 4.76. The highest BCUT2D eigenvalue weighted by Crippen LogP contribution is 2.34. The Kier molecular flexibility index (Phi) is 5.65. The van der Waals surface area contributed by atoms with Crippen molar-refractivity contribution in [1.29, 1.82) is 0 Å². The molecule has 20 heavy (non-hydrogen) atoms. The summed E-state index contributed by atoms with van der Waals surface area (Å²) in [5.74, 6) is 1.72. The van der Waals surface area contributed by atoms with Crippen molar-refractivity contribution in [2.75, 3.05) is 6.54 Å². The van der Waals surface area contributed by atoms with Crippen molar-refractivity contribution in [3.63, 3.8) is 0 Å². The van der Waals surface area contributed by atoms with Crippen molar-refractivity contribution in [3.8, 4) is 0 Å². The van der Waals surface area contributed by atoms with Gasteiger partial charge in [-0.3, -0.25) is 4.90 Å². The van der Waals surface area contributed by atoms with E-state index >= 15 is 0 Å². The van der Waals surface area contributed by atoms with Gasteiger partial charge in [-0.25, -0.2) is 0 Å². The first-order chi connectivity index (χ1) is 9.47. The molecule has 1 saturated carbocycles. The molecule has 1 fully saturated rings. The summed E-state index contributed by atoms with van der Waals surface area (Å²) in [6.45, 7) is 11.1. The van der Waals surface area contributed by atoms with Gasteiger partial charge in [0.25, 0.3) is 0 Å². The van der Waals surface area contributed by atoms with E-state index < -0.39 is 0 Å². The molecule has 114 valence electrons. The molecule has 1 N–H and O–H groups in total. The van der Waals surface area contributed by atoms with Gasteiger partial charge in [0.05, 0.1) is 6.10 Å². The lowest BCUT2D eigenvalue weighted by Crippen LogP contribution is -2.44. The van der Waals surface area contributed by atoms with E-state index in [4.69, 9.17) is 0 Å². The largest absolute Gasteiger partial charge is 0.393 e. The van der Waals surface area contributed by atoms with Crippen LogP contribution in [-0.4, -0.2) is 28.7 Å². The molecule has 0 spiro atoms. The van der Waals surface area contributed by atoms with E-state index in [9.17, 15) is 5.11 Å². The van der Waals surface area contributed by atoms with Crippen LogP contribution in [0.2, 0.25) is 0 Å². The van der Waals surface area contributed by atoms with Gasteiger partial charge in [0.1, 0.15) is 0 Å². The third kappa shape index (κ3) is 4.06. The Labute approximate surface area is 127 Å². The Balaban J connectivity index is 2.00. The Hall–Kier alpha value is -0.380. The zero-order chi connectivity index (χ0) is 14.7. The minimum atomic E-state index is -0.127. The van der Waals surface area contributed by atoms with Gasteiger partial charge < -0.3 is 5.11 Å². The summed E-state index contributed by atoms with van der Waals surface area (Å²) in [7, 11) is 0. The second kappa shape index (κ2) is 7.06. The molecule has 0 aliphatic heterocycles. The lowest BCUT2D eigenvalue weighted by Gasteiger charge is -2.40. The van der Waals surface area contributed by atoms with Gasteiger partial charge in [0.15, 0.2) is 0 Å². The number of aliphatic hydroxyl groups excluding tert-OH is 1. The Morgan fingerprint density at radius 1 is 1.35 bits per heavy atom. The molecule has 0 amide bonds. The minimum Gasteiger partial charge on any atom is -0.393 e. The molecular formula is C17H29NOS. The van der Waals surface area contributed by atoms with Crippen LogP contribution in [0.15, 0.2) is 17.5 Å². The van der Waals surface area contributed by atoms with E-state index in [1.54, 1.807) is 0 Å². The number of nitrogens with zero attached hydrogens (tertiary/aromatic N) is 1. The molecule has 0 saturated heterocycles. The topological polar surface area (TPSA) is 23.5 Å². The van der Waals surface area contributed by atoms with Gasteiger partial charge in [-0.2, -0.15) is 0 Å². The van der Waals surface area contributed by atoms with E-state index in [-0.39, 0.29) is 6.10 Å². The highest BCUT2D eigenvalue weighted by molar-refractivity contribution is 7.09. The second-order valence-electron chi connectivity index (χ2n) is 6.89. The normalized spacial score (nSPS) is 31.1. The summed E-state index contributed by atoms with van der Waals surface area (Å²) in [5.41, 5.74) is 0. The van der Waals surface area contributed by atoms with E-state index in [1.165, 1.54) is 11.3 Å². The molecule has 3 heteroatoms. The van der Waals surface area contributed by atoms with Crippen LogP contribution in [0.3, 0.4) is 0 Å². The van der Waals surface area contributed by atoms with E-state index in [2.05, 4.69) is 50.1 Å². The molecule has 0 radical (unpaired) electrons. The number of rotatable bonds is 5. The molecule has 1 heterocycles. The first kappa shape index (κ1) is 16.0. The molecule has 1 aliphatic rings. The summed E-state index contributed by atoms with van der Waals surface area (Å²) in [6, 6.07) is 4.86. The van der Waals surface area contributed by atoms with Gasteiger partial charge in [0, 0.05) is 29.9 Å². The van der Waals surface area contributed by atoms with Gasteiger partial charge >= 0.3 is 0 Å². The van der Waals surface area contributed by atoms with E-state index in [1.807, 2.05) is 11.3 Å². The van der Waals surface area contributed by atoms with Crippen LogP contribution in [0.4, 0.5) is 0 Å².